The molecule has 2 nitrogen and oxygen atoms in total. The van der Waals surface area contributed by atoms with E-state index in [1.807, 2.05) is 12.1 Å². The number of anilines is 1. The molecule has 0 spiro atoms. The summed E-state index contributed by atoms with van der Waals surface area (Å²) in [6.07, 6.45) is 4.37. The first kappa shape index (κ1) is 12.0. The Morgan fingerprint density at radius 1 is 1.47 bits per heavy atom. The molecular weight excluding hydrogens is 208 g/mol. The zero-order valence-corrected chi connectivity index (χ0v) is 10.7. The van der Waals surface area contributed by atoms with Gasteiger partial charge < -0.3 is 5.32 Å². The largest absolute Gasteiger partial charge is 0.367 e. The van der Waals surface area contributed by atoms with Gasteiger partial charge in [0.1, 0.15) is 5.54 Å². The molecule has 1 aromatic rings. The van der Waals surface area contributed by atoms with Crippen LogP contribution in [0.2, 0.25) is 0 Å². The Morgan fingerprint density at radius 2 is 2.24 bits per heavy atom. The molecule has 90 valence electrons. The van der Waals surface area contributed by atoms with Gasteiger partial charge in [-0.25, -0.2) is 0 Å². The summed E-state index contributed by atoms with van der Waals surface area (Å²) < 4.78 is 0. The molecule has 0 bridgehead atoms. The van der Waals surface area contributed by atoms with Crippen LogP contribution in [0.1, 0.15) is 38.2 Å². The summed E-state index contributed by atoms with van der Waals surface area (Å²) in [5.41, 5.74) is 1.97. The molecular formula is C15H20N2. The van der Waals surface area contributed by atoms with Gasteiger partial charge in [-0.2, -0.15) is 5.26 Å². The van der Waals surface area contributed by atoms with Crippen LogP contribution < -0.4 is 5.32 Å². The van der Waals surface area contributed by atoms with Crippen LogP contribution in [0.25, 0.3) is 0 Å². The molecule has 17 heavy (non-hydrogen) atoms. The van der Waals surface area contributed by atoms with Crippen molar-refractivity contribution >= 4 is 5.69 Å². The molecule has 0 aromatic heterocycles. The topological polar surface area (TPSA) is 35.8 Å². The third-order valence-electron chi connectivity index (χ3n) is 4.02. The van der Waals surface area contributed by atoms with Gasteiger partial charge in [-0.1, -0.05) is 31.5 Å². The summed E-state index contributed by atoms with van der Waals surface area (Å²) >= 11 is 0. The van der Waals surface area contributed by atoms with E-state index in [4.69, 9.17) is 0 Å². The van der Waals surface area contributed by atoms with E-state index in [2.05, 4.69) is 37.4 Å². The van der Waals surface area contributed by atoms with E-state index in [0.29, 0.717) is 5.92 Å². The summed E-state index contributed by atoms with van der Waals surface area (Å²) in [5.74, 6) is 0.479. The first-order valence-electron chi connectivity index (χ1n) is 6.47. The molecule has 0 amide bonds. The van der Waals surface area contributed by atoms with Crippen LogP contribution in [-0.2, 0) is 0 Å². The molecule has 0 heterocycles. The first-order valence-corrected chi connectivity index (χ1v) is 6.47. The lowest BCUT2D eigenvalue weighted by molar-refractivity contribution is 0.414. The maximum atomic E-state index is 9.56. The smallest absolute Gasteiger partial charge is 0.128 e. The quantitative estimate of drug-likeness (QED) is 0.852. The zero-order chi connectivity index (χ0) is 12.3. The standard InChI is InChI=1S/C15H20N2/c1-3-13-8-6-10-15(13,11-16)17-14-9-5-4-7-12(14)2/h4-5,7,9,13,17H,3,6,8,10H2,1-2H3. The van der Waals surface area contributed by atoms with Gasteiger partial charge in [0, 0.05) is 5.69 Å². The second-order valence-corrected chi connectivity index (χ2v) is 5.02. The molecule has 1 aliphatic carbocycles. The number of aryl methyl sites for hydroxylation is 1. The van der Waals surface area contributed by atoms with E-state index < -0.39 is 0 Å². The predicted molar refractivity (Wildman–Crippen MR) is 70.8 cm³/mol. The molecule has 0 radical (unpaired) electrons. The number of nitriles is 1. The Bertz CT molecular complexity index is 433. The van der Waals surface area contributed by atoms with Crippen LogP contribution in [0.15, 0.2) is 24.3 Å². The van der Waals surface area contributed by atoms with E-state index in [9.17, 15) is 5.26 Å². The van der Waals surface area contributed by atoms with Crippen molar-refractivity contribution in [2.24, 2.45) is 5.92 Å². The van der Waals surface area contributed by atoms with Gasteiger partial charge in [0.2, 0.25) is 0 Å². The molecule has 2 heteroatoms. The Kier molecular flexibility index (Phi) is 3.38. The van der Waals surface area contributed by atoms with Gasteiger partial charge in [-0.05, 0) is 43.7 Å². The molecule has 1 aliphatic rings. The molecule has 2 atom stereocenters. The van der Waals surface area contributed by atoms with Crippen molar-refractivity contribution in [3.05, 3.63) is 29.8 Å². The van der Waals surface area contributed by atoms with Crippen molar-refractivity contribution in [3.63, 3.8) is 0 Å². The molecule has 2 unspecified atom stereocenters. The SMILES string of the molecule is CCC1CCCC1(C#N)Nc1ccccc1C. The minimum Gasteiger partial charge on any atom is -0.367 e. The fraction of sp³-hybridized carbons (Fsp3) is 0.533. The Hall–Kier alpha value is -1.49. The monoisotopic (exact) mass is 228 g/mol. The maximum Gasteiger partial charge on any atom is 0.128 e. The third kappa shape index (κ3) is 2.15. The van der Waals surface area contributed by atoms with Crippen LogP contribution in [0.4, 0.5) is 5.69 Å². The first-order chi connectivity index (χ1) is 8.22. The van der Waals surface area contributed by atoms with Gasteiger partial charge >= 0.3 is 0 Å². The minimum absolute atomic E-state index is 0.346. The van der Waals surface area contributed by atoms with Crippen LogP contribution in [0.5, 0.6) is 0 Å². The zero-order valence-electron chi connectivity index (χ0n) is 10.7. The molecule has 2 rings (SSSR count). The van der Waals surface area contributed by atoms with E-state index in [-0.39, 0.29) is 5.54 Å². The second-order valence-electron chi connectivity index (χ2n) is 5.02. The third-order valence-corrected chi connectivity index (χ3v) is 4.02. The normalized spacial score (nSPS) is 27.7. The molecule has 0 aliphatic heterocycles. The summed E-state index contributed by atoms with van der Waals surface area (Å²) in [5, 5.41) is 13.1. The number of nitrogens with one attached hydrogen (secondary N) is 1. The van der Waals surface area contributed by atoms with Gasteiger partial charge in [-0.15, -0.1) is 0 Å². The summed E-state index contributed by atoms with van der Waals surface area (Å²) in [7, 11) is 0. The van der Waals surface area contributed by atoms with Gasteiger partial charge in [0.05, 0.1) is 6.07 Å². The molecule has 0 saturated heterocycles. The maximum absolute atomic E-state index is 9.56. The van der Waals surface area contributed by atoms with E-state index in [0.717, 1.165) is 24.9 Å². The van der Waals surface area contributed by atoms with E-state index >= 15 is 0 Å². The van der Waals surface area contributed by atoms with Gasteiger partial charge in [0.15, 0.2) is 0 Å². The van der Waals surface area contributed by atoms with Gasteiger partial charge in [0.25, 0.3) is 0 Å². The lowest BCUT2D eigenvalue weighted by Gasteiger charge is -2.31. The summed E-state index contributed by atoms with van der Waals surface area (Å²) in [6, 6.07) is 10.8. The molecule has 1 N–H and O–H groups in total. The van der Waals surface area contributed by atoms with Crippen molar-refractivity contribution in [1.29, 1.82) is 5.26 Å². The Labute approximate surface area is 104 Å². The summed E-state index contributed by atoms with van der Waals surface area (Å²) in [4.78, 5) is 0. The highest BCUT2D eigenvalue weighted by Crippen LogP contribution is 2.40. The number of rotatable bonds is 3. The van der Waals surface area contributed by atoms with E-state index in [1.54, 1.807) is 0 Å². The lowest BCUT2D eigenvalue weighted by Crippen LogP contribution is -2.40. The number of hydrogen-bond acceptors (Lipinski definition) is 2. The van der Waals surface area contributed by atoms with Gasteiger partial charge in [-0.3, -0.25) is 0 Å². The number of benzene rings is 1. The molecule has 1 fully saturated rings. The van der Waals surface area contributed by atoms with Crippen LogP contribution in [0, 0.1) is 24.2 Å². The Balaban J connectivity index is 2.27. The second kappa shape index (κ2) is 4.79. The summed E-state index contributed by atoms with van der Waals surface area (Å²) in [6.45, 7) is 4.27. The van der Waals surface area contributed by atoms with E-state index in [1.165, 1.54) is 12.0 Å². The van der Waals surface area contributed by atoms with Crippen molar-refractivity contribution in [2.45, 2.75) is 45.1 Å². The van der Waals surface area contributed by atoms with Crippen molar-refractivity contribution < 1.29 is 0 Å². The fourth-order valence-electron chi connectivity index (χ4n) is 2.92. The van der Waals surface area contributed by atoms with Crippen LogP contribution in [-0.4, -0.2) is 5.54 Å². The van der Waals surface area contributed by atoms with Crippen molar-refractivity contribution in [1.82, 2.24) is 0 Å². The van der Waals surface area contributed by atoms with Crippen LogP contribution in [0.3, 0.4) is 0 Å². The highest BCUT2D eigenvalue weighted by atomic mass is 15.0. The minimum atomic E-state index is -0.346. The highest BCUT2D eigenvalue weighted by molar-refractivity contribution is 5.54. The average molecular weight is 228 g/mol. The lowest BCUT2D eigenvalue weighted by atomic mass is 9.86. The van der Waals surface area contributed by atoms with Crippen LogP contribution >= 0.6 is 0 Å². The number of nitrogens with zero attached hydrogens (tertiary/aromatic N) is 1. The molecule has 1 saturated carbocycles. The number of hydrogen-bond donors (Lipinski definition) is 1. The van der Waals surface area contributed by atoms with Crippen molar-refractivity contribution in [3.8, 4) is 6.07 Å². The van der Waals surface area contributed by atoms with Crippen molar-refractivity contribution in [2.75, 3.05) is 5.32 Å². The predicted octanol–water partition coefficient (Wildman–Crippen LogP) is 3.88. The fourth-order valence-corrected chi connectivity index (χ4v) is 2.92. The average Bonchev–Trinajstić information content (AvgIpc) is 2.75. The molecule has 1 aromatic carbocycles. The number of para-hydroxylation sites is 1. The Morgan fingerprint density at radius 3 is 2.88 bits per heavy atom. The highest BCUT2D eigenvalue weighted by Gasteiger charge is 2.42.